The third-order valence-corrected chi connectivity index (χ3v) is 2.93. The van der Waals surface area contributed by atoms with Gasteiger partial charge in [0.2, 0.25) is 5.91 Å². The predicted octanol–water partition coefficient (Wildman–Crippen LogP) is 1.77. The number of carbonyl (C=O) groups excluding carboxylic acids is 1. The second kappa shape index (κ2) is 6.32. The van der Waals surface area contributed by atoms with E-state index in [2.05, 4.69) is 15.3 Å². The monoisotopic (exact) mass is 273 g/mol. The molecule has 1 amide bonds. The zero-order chi connectivity index (χ0) is 14.5. The molecule has 0 spiro atoms. The van der Waals surface area contributed by atoms with Crippen molar-refractivity contribution in [3.63, 3.8) is 0 Å². The van der Waals surface area contributed by atoms with Crippen LogP contribution in [0.25, 0.3) is 10.9 Å². The second-order valence-corrected chi connectivity index (χ2v) is 5.11. The van der Waals surface area contributed by atoms with E-state index in [1.807, 2.05) is 32.0 Å². The number of para-hydroxylation sites is 1. The first kappa shape index (κ1) is 14.2. The van der Waals surface area contributed by atoms with Gasteiger partial charge in [0.25, 0.3) is 5.56 Å². The van der Waals surface area contributed by atoms with Crippen molar-refractivity contribution in [1.82, 2.24) is 15.3 Å². The zero-order valence-corrected chi connectivity index (χ0v) is 11.8. The van der Waals surface area contributed by atoms with E-state index in [1.54, 1.807) is 6.07 Å². The molecule has 1 heterocycles. The number of benzene rings is 1. The number of amides is 1. The molecule has 2 N–H and O–H groups in total. The summed E-state index contributed by atoms with van der Waals surface area (Å²) in [5.41, 5.74) is 0.565. The first-order valence-corrected chi connectivity index (χ1v) is 6.83. The SMILES string of the molecule is CC(C)NC(=O)CCCc1nc2ccccc2c(=O)[nH]1. The number of nitrogens with zero attached hydrogens (tertiary/aromatic N) is 1. The maximum Gasteiger partial charge on any atom is 0.258 e. The third-order valence-electron chi connectivity index (χ3n) is 2.93. The number of nitrogens with one attached hydrogen (secondary N) is 2. The Morgan fingerprint density at radius 3 is 2.85 bits per heavy atom. The maximum absolute atomic E-state index is 11.9. The summed E-state index contributed by atoms with van der Waals surface area (Å²) >= 11 is 0. The maximum atomic E-state index is 11.9. The van der Waals surface area contributed by atoms with E-state index in [-0.39, 0.29) is 17.5 Å². The highest BCUT2D eigenvalue weighted by molar-refractivity contribution is 5.77. The summed E-state index contributed by atoms with van der Waals surface area (Å²) in [5, 5.41) is 3.43. The summed E-state index contributed by atoms with van der Waals surface area (Å²) in [6.07, 6.45) is 1.69. The molecule has 0 aliphatic rings. The standard InChI is InChI=1S/C15H19N3O2/c1-10(2)16-14(19)9-5-8-13-17-12-7-4-3-6-11(12)15(20)18-13/h3-4,6-7,10H,5,8-9H2,1-2H3,(H,16,19)(H,17,18,20). The Hall–Kier alpha value is -2.17. The number of aromatic nitrogens is 2. The molecular formula is C15H19N3O2. The lowest BCUT2D eigenvalue weighted by Crippen LogP contribution is -2.29. The van der Waals surface area contributed by atoms with Gasteiger partial charge in [-0.3, -0.25) is 9.59 Å². The highest BCUT2D eigenvalue weighted by Crippen LogP contribution is 2.07. The molecule has 1 aromatic heterocycles. The van der Waals surface area contributed by atoms with E-state index >= 15 is 0 Å². The van der Waals surface area contributed by atoms with Crippen molar-refractivity contribution in [3.05, 3.63) is 40.4 Å². The van der Waals surface area contributed by atoms with Gasteiger partial charge in [-0.15, -0.1) is 0 Å². The molecule has 0 saturated heterocycles. The van der Waals surface area contributed by atoms with Crippen molar-refractivity contribution < 1.29 is 4.79 Å². The van der Waals surface area contributed by atoms with Crippen molar-refractivity contribution in [1.29, 1.82) is 0 Å². The van der Waals surface area contributed by atoms with Crippen LogP contribution in [-0.2, 0) is 11.2 Å². The molecule has 2 aromatic rings. The summed E-state index contributed by atoms with van der Waals surface area (Å²) in [4.78, 5) is 30.6. The molecule has 106 valence electrons. The minimum atomic E-state index is -0.128. The number of hydrogen-bond donors (Lipinski definition) is 2. The largest absolute Gasteiger partial charge is 0.354 e. The van der Waals surface area contributed by atoms with E-state index in [0.29, 0.717) is 36.0 Å². The van der Waals surface area contributed by atoms with Gasteiger partial charge >= 0.3 is 0 Å². The van der Waals surface area contributed by atoms with Gasteiger partial charge < -0.3 is 10.3 Å². The highest BCUT2D eigenvalue weighted by atomic mass is 16.1. The van der Waals surface area contributed by atoms with Crippen LogP contribution in [0.3, 0.4) is 0 Å². The molecule has 0 fully saturated rings. The Morgan fingerprint density at radius 2 is 2.10 bits per heavy atom. The fraction of sp³-hybridized carbons (Fsp3) is 0.400. The Labute approximate surface area is 117 Å². The number of H-pyrrole nitrogens is 1. The molecular weight excluding hydrogens is 254 g/mol. The van der Waals surface area contributed by atoms with E-state index in [0.717, 1.165) is 0 Å². The number of aromatic amines is 1. The molecule has 0 radical (unpaired) electrons. The van der Waals surface area contributed by atoms with Crippen LogP contribution in [0.4, 0.5) is 0 Å². The van der Waals surface area contributed by atoms with E-state index in [4.69, 9.17) is 0 Å². The van der Waals surface area contributed by atoms with Crippen LogP contribution < -0.4 is 10.9 Å². The Morgan fingerprint density at radius 1 is 1.35 bits per heavy atom. The van der Waals surface area contributed by atoms with Crippen LogP contribution in [-0.4, -0.2) is 21.9 Å². The molecule has 5 nitrogen and oxygen atoms in total. The van der Waals surface area contributed by atoms with Crippen molar-refractivity contribution in [2.75, 3.05) is 0 Å². The number of fused-ring (bicyclic) bond motifs is 1. The Bertz CT molecular complexity index is 661. The number of carbonyl (C=O) groups is 1. The lowest BCUT2D eigenvalue weighted by molar-refractivity contribution is -0.121. The van der Waals surface area contributed by atoms with Crippen molar-refractivity contribution in [2.24, 2.45) is 0 Å². The summed E-state index contributed by atoms with van der Waals surface area (Å²) in [6.45, 7) is 3.86. The van der Waals surface area contributed by atoms with Crippen molar-refractivity contribution in [2.45, 2.75) is 39.2 Å². The average Bonchev–Trinajstić information content (AvgIpc) is 2.38. The van der Waals surface area contributed by atoms with Crippen LogP contribution in [0.1, 0.15) is 32.5 Å². The molecule has 0 unspecified atom stereocenters. The lowest BCUT2D eigenvalue weighted by atomic mass is 10.2. The minimum Gasteiger partial charge on any atom is -0.354 e. The number of aryl methyl sites for hydroxylation is 1. The molecule has 0 aliphatic carbocycles. The first-order chi connectivity index (χ1) is 9.56. The average molecular weight is 273 g/mol. The molecule has 5 heteroatoms. The number of hydrogen-bond acceptors (Lipinski definition) is 3. The molecule has 0 bridgehead atoms. The van der Waals surface area contributed by atoms with Crippen molar-refractivity contribution in [3.8, 4) is 0 Å². The topological polar surface area (TPSA) is 74.8 Å². The first-order valence-electron chi connectivity index (χ1n) is 6.83. The molecule has 1 aromatic carbocycles. The smallest absolute Gasteiger partial charge is 0.258 e. The van der Waals surface area contributed by atoms with Crippen LogP contribution in [0.2, 0.25) is 0 Å². The summed E-state index contributed by atoms with van der Waals surface area (Å²) in [7, 11) is 0. The molecule has 0 aliphatic heterocycles. The molecule has 20 heavy (non-hydrogen) atoms. The third kappa shape index (κ3) is 3.66. The van der Waals surface area contributed by atoms with Gasteiger partial charge in [-0.2, -0.15) is 0 Å². The van der Waals surface area contributed by atoms with Gasteiger partial charge in [-0.1, -0.05) is 12.1 Å². The van der Waals surface area contributed by atoms with E-state index in [1.165, 1.54) is 0 Å². The quantitative estimate of drug-likeness (QED) is 0.871. The van der Waals surface area contributed by atoms with E-state index < -0.39 is 0 Å². The minimum absolute atomic E-state index is 0.0307. The second-order valence-electron chi connectivity index (χ2n) is 5.11. The van der Waals surface area contributed by atoms with Gasteiger partial charge in [-0.05, 0) is 32.4 Å². The fourth-order valence-electron chi connectivity index (χ4n) is 2.06. The molecule has 0 atom stereocenters. The zero-order valence-electron chi connectivity index (χ0n) is 11.8. The summed E-state index contributed by atoms with van der Waals surface area (Å²) < 4.78 is 0. The van der Waals surface area contributed by atoms with Gasteiger partial charge in [0.05, 0.1) is 10.9 Å². The predicted molar refractivity (Wildman–Crippen MR) is 78.6 cm³/mol. The molecule has 2 rings (SSSR count). The van der Waals surface area contributed by atoms with Crippen LogP contribution in [0.5, 0.6) is 0 Å². The summed E-state index contributed by atoms with van der Waals surface area (Å²) in [5.74, 6) is 0.661. The van der Waals surface area contributed by atoms with Gasteiger partial charge in [0.1, 0.15) is 5.82 Å². The molecule has 0 saturated carbocycles. The Balaban J connectivity index is 2.00. The van der Waals surface area contributed by atoms with Gasteiger partial charge in [-0.25, -0.2) is 4.98 Å². The number of rotatable bonds is 5. The van der Waals surface area contributed by atoms with Gasteiger partial charge in [0.15, 0.2) is 0 Å². The van der Waals surface area contributed by atoms with E-state index in [9.17, 15) is 9.59 Å². The van der Waals surface area contributed by atoms with Crippen LogP contribution in [0.15, 0.2) is 29.1 Å². The Kier molecular flexibility index (Phi) is 4.50. The van der Waals surface area contributed by atoms with Crippen LogP contribution >= 0.6 is 0 Å². The van der Waals surface area contributed by atoms with Crippen LogP contribution in [0, 0.1) is 0 Å². The van der Waals surface area contributed by atoms with Crippen molar-refractivity contribution >= 4 is 16.8 Å². The van der Waals surface area contributed by atoms with Gasteiger partial charge in [0, 0.05) is 18.9 Å². The lowest BCUT2D eigenvalue weighted by Gasteiger charge is -2.07. The highest BCUT2D eigenvalue weighted by Gasteiger charge is 2.06. The normalized spacial score (nSPS) is 10.9. The fourth-order valence-corrected chi connectivity index (χ4v) is 2.06. The summed E-state index contributed by atoms with van der Waals surface area (Å²) in [6, 6.07) is 7.39.